The number of anilines is 1. The van der Waals surface area contributed by atoms with Crippen molar-refractivity contribution in [2.75, 3.05) is 5.43 Å². The lowest BCUT2D eigenvalue weighted by Crippen LogP contribution is -1.96. The van der Waals surface area contributed by atoms with Crippen molar-refractivity contribution < 1.29 is 14.6 Å². The third kappa shape index (κ3) is 4.70. The first-order valence-corrected chi connectivity index (χ1v) is 8.07. The molecule has 5 nitrogen and oxygen atoms in total. The molecule has 0 aromatic heterocycles. The number of nitrogens with zero attached hydrogens (tertiary/aromatic N) is 1. The lowest BCUT2D eigenvalue weighted by atomic mass is 10.2. The Labute approximate surface area is 151 Å². The van der Waals surface area contributed by atoms with Gasteiger partial charge in [-0.25, -0.2) is 4.79 Å². The van der Waals surface area contributed by atoms with Gasteiger partial charge in [0.2, 0.25) is 0 Å². The zero-order chi connectivity index (χ0) is 18.4. The molecule has 2 N–H and O–H groups in total. The molecule has 0 spiro atoms. The van der Waals surface area contributed by atoms with Gasteiger partial charge in [0.05, 0.1) is 17.5 Å². The van der Waals surface area contributed by atoms with Gasteiger partial charge in [-0.2, -0.15) is 5.10 Å². The number of carbonyl (C=O) groups is 1. The van der Waals surface area contributed by atoms with Crippen molar-refractivity contribution >= 4 is 17.9 Å². The van der Waals surface area contributed by atoms with E-state index in [0.29, 0.717) is 5.69 Å². The Morgan fingerprint density at radius 1 is 1.00 bits per heavy atom. The Bertz CT molecular complexity index is 917. The van der Waals surface area contributed by atoms with Crippen LogP contribution in [-0.4, -0.2) is 17.3 Å². The van der Waals surface area contributed by atoms with E-state index in [4.69, 9.17) is 9.84 Å². The van der Waals surface area contributed by atoms with E-state index in [1.54, 1.807) is 18.3 Å². The van der Waals surface area contributed by atoms with Crippen LogP contribution in [0, 0.1) is 6.92 Å². The second kappa shape index (κ2) is 7.98. The van der Waals surface area contributed by atoms with Crippen molar-refractivity contribution in [1.29, 1.82) is 0 Å². The standard InChI is InChI=1S/C21H18N2O3/c1-15-3-2-4-20(13-15)26-19-11-5-16(6-12-19)14-22-23-18-9-7-17(8-10-18)21(24)25/h2-14,23H,1H3,(H,24,25). The summed E-state index contributed by atoms with van der Waals surface area (Å²) in [6.07, 6.45) is 1.68. The molecule has 0 heterocycles. The van der Waals surface area contributed by atoms with Crippen LogP contribution in [0.1, 0.15) is 21.5 Å². The average Bonchev–Trinajstić information content (AvgIpc) is 2.64. The molecule has 3 aromatic rings. The number of ether oxygens (including phenoxy) is 1. The van der Waals surface area contributed by atoms with E-state index in [0.717, 1.165) is 22.6 Å². The number of nitrogens with one attached hydrogen (secondary N) is 1. The Hall–Kier alpha value is -3.60. The topological polar surface area (TPSA) is 70.9 Å². The summed E-state index contributed by atoms with van der Waals surface area (Å²) in [5.41, 5.74) is 5.88. The van der Waals surface area contributed by atoms with Gasteiger partial charge in [0, 0.05) is 0 Å². The molecule has 0 aliphatic heterocycles. The van der Waals surface area contributed by atoms with Crippen LogP contribution >= 0.6 is 0 Å². The molecule has 130 valence electrons. The lowest BCUT2D eigenvalue weighted by Gasteiger charge is -2.06. The molecule has 5 heteroatoms. The fraction of sp³-hybridized carbons (Fsp3) is 0.0476. The number of carboxylic acid groups (broad SMARTS) is 1. The molecule has 26 heavy (non-hydrogen) atoms. The summed E-state index contributed by atoms with van der Waals surface area (Å²) in [6, 6.07) is 21.8. The molecular formula is C21H18N2O3. The zero-order valence-corrected chi connectivity index (χ0v) is 14.2. The van der Waals surface area contributed by atoms with Crippen LogP contribution in [0.5, 0.6) is 11.5 Å². The molecule has 3 aromatic carbocycles. The highest BCUT2D eigenvalue weighted by Gasteiger charge is 2.01. The van der Waals surface area contributed by atoms with Gasteiger partial charge in [-0.3, -0.25) is 5.43 Å². The number of rotatable bonds is 6. The minimum absolute atomic E-state index is 0.240. The molecule has 0 unspecified atom stereocenters. The number of hydrazone groups is 1. The van der Waals surface area contributed by atoms with Crippen molar-refractivity contribution in [1.82, 2.24) is 0 Å². The normalized spacial score (nSPS) is 10.7. The fourth-order valence-electron chi connectivity index (χ4n) is 2.31. The molecule has 0 atom stereocenters. The van der Waals surface area contributed by atoms with Gasteiger partial charge in [0.1, 0.15) is 11.5 Å². The highest BCUT2D eigenvalue weighted by Crippen LogP contribution is 2.22. The predicted molar refractivity (Wildman–Crippen MR) is 102 cm³/mol. The Kier molecular flexibility index (Phi) is 5.29. The molecule has 0 aliphatic carbocycles. The minimum atomic E-state index is -0.951. The summed E-state index contributed by atoms with van der Waals surface area (Å²) in [6.45, 7) is 2.02. The zero-order valence-electron chi connectivity index (χ0n) is 14.2. The minimum Gasteiger partial charge on any atom is -0.478 e. The van der Waals surface area contributed by atoms with E-state index in [9.17, 15) is 4.79 Å². The largest absolute Gasteiger partial charge is 0.478 e. The number of aromatic carboxylic acids is 1. The second-order valence-corrected chi connectivity index (χ2v) is 5.74. The third-order valence-corrected chi connectivity index (χ3v) is 3.64. The predicted octanol–water partition coefficient (Wildman–Crippen LogP) is 4.93. The molecule has 3 rings (SSSR count). The first-order valence-electron chi connectivity index (χ1n) is 8.07. The van der Waals surface area contributed by atoms with E-state index in [2.05, 4.69) is 10.5 Å². The Morgan fingerprint density at radius 3 is 2.38 bits per heavy atom. The van der Waals surface area contributed by atoms with Crippen molar-refractivity contribution in [2.24, 2.45) is 5.10 Å². The SMILES string of the molecule is Cc1cccc(Oc2ccc(C=NNc3ccc(C(=O)O)cc3)cc2)c1. The maximum atomic E-state index is 10.8. The first kappa shape index (κ1) is 17.2. The number of aryl methyl sites for hydroxylation is 1. The van der Waals surface area contributed by atoms with Crippen LogP contribution in [0.3, 0.4) is 0 Å². The van der Waals surface area contributed by atoms with E-state index < -0.39 is 5.97 Å². The summed E-state index contributed by atoms with van der Waals surface area (Å²) in [5.74, 6) is 0.607. The van der Waals surface area contributed by atoms with Crippen LogP contribution in [0.4, 0.5) is 5.69 Å². The van der Waals surface area contributed by atoms with Gasteiger partial charge < -0.3 is 9.84 Å². The molecule has 0 fully saturated rings. The van der Waals surface area contributed by atoms with Gasteiger partial charge in [-0.05, 0) is 78.7 Å². The monoisotopic (exact) mass is 346 g/mol. The maximum absolute atomic E-state index is 10.8. The van der Waals surface area contributed by atoms with E-state index in [-0.39, 0.29) is 5.56 Å². The number of benzene rings is 3. The van der Waals surface area contributed by atoms with Crippen LogP contribution < -0.4 is 10.2 Å². The molecule has 0 bridgehead atoms. The number of hydrogen-bond donors (Lipinski definition) is 2. The van der Waals surface area contributed by atoms with Gasteiger partial charge in [0.25, 0.3) is 0 Å². The van der Waals surface area contributed by atoms with E-state index in [1.165, 1.54) is 12.1 Å². The summed E-state index contributed by atoms with van der Waals surface area (Å²) in [5, 5.41) is 13.0. The molecule has 0 saturated carbocycles. The lowest BCUT2D eigenvalue weighted by molar-refractivity contribution is 0.0697. The van der Waals surface area contributed by atoms with Crippen LogP contribution in [0.2, 0.25) is 0 Å². The highest BCUT2D eigenvalue weighted by atomic mass is 16.5. The fourth-order valence-corrected chi connectivity index (χ4v) is 2.31. The van der Waals surface area contributed by atoms with Gasteiger partial charge >= 0.3 is 5.97 Å². The van der Waals surface area contributed by atoms with Crippen molar-refractivity contribution in [3.63, 3.8) is 0 Å². The van der Waals surface area contributed by atoms with Crippen LogP contribution in [-0.2, 0) is 0 Å². The molecular weight excluding hydrogens is 328 g/mol. The molecule has 0 aliphatic rings. The van der Waals surface area contributed by atoms with Crippen molar-refractivity contribution in [2.45, 2.75) is 6.92 Å². The summed E-state index contributed by atoms with van der Waals surface area (Å²) >= 11 is 0. The maximum Gasteiger partial charge on any atom is 0.335 e. The van der Waals surface area contributed by atoms with Gasteiger partial charge in [-0.15, -0.1) is 0 Å². The summed E-state index contributed by atoms with van der Waals surface area (Å²) < 4.78 is 5.81. The molecule has 0 radical (unpaired) electrons. The van der Waals surface area contributed by atoms with Gasteiger partial charge in [0.15, 0.2) is 0 Å². The summed E-state index contributed by atoms with van der Waals surface area (Å²) in [7, 11) is 0. The average molecular weight is 346 g/mol. The van der Waals surface area contributed by atoms with E-state index >= 15 is 0 Å². The first-order chi connectivity index (χ1) is 12.6. The van der Waals surface area contributed by atoms with Crippen molar-refractivity contribution in [3.05, 3.63) is 89.5 Å². The number of carboxylic acids is 1. The summed E-state index contributed by atoms with van der Waals surface area (Å²) in [4.78, 5) is 10.8. The van der Waals surface area contributed by atoms with E-state index in [1.807, 2.05) is 55.5 Å². The van der Waals surface area contributed by atoms with Crippen LogP contribution in [0.25, 0.3) is 0 Å². The highest BCUT2D eigenvalue weighted by molar-refractivity contribution is 5.88. The quantitative estimate of drug-likeness (QED) is 0.490. The molecule has 0 saturated heterocycles. The smallest absolute Gasteiger partial charge is 0.335 e. The van der Waals surface area contributed by atoms with Crippen LogP contribution in [0.15, 0.2) is 77.9 Å². The van der Waals surface area contributed by atoms with Crippen molar-refractivity contribution in [3.8, 4) is 11.5 Å². The Morgan fingerprint density at radius 2 is 1.73 bits per heavy atom. The van der Waals surface area contributed by atoms with Gasteiger partial charge in [-0.1, -0.05) is 12.1 Å². The molecule has 0 amide bonds. The Balaban J connectivity index is 1.58. The third-order valence-electron chi connectivity index (χ3n) is 3.64. The second-order valence-electron chi connectivity index (χ2n) is 5.74. The number of hydrogen-bond acceptors (Lipinski definition) is 4.